The smallest absolute Gasteiger partial charge is 0.250 e. The van der Waals surface area contributed by atoms with Crippen LogP contribution in [-0.4, -0.2) is 29.9 Å². The number of aromatic amines is 1. The number of benzene rings is 2. The highest BCUT2D eigenvalue weighted by Crippen LogP contribution is 2.42. The van der Waals surface area contributed by atoms with Gasteiger partial charge in [0, 0.05) is 48.2 Å². The largest absolute Gasteiger partial charge is 0.371 e. The van der Waals surface area contributed by atoms with Crippen LogP contribution in [0.2, 0.25) is 0 Å². The van der Waals surface area contributed by atoms with Gasteiger partial charge < -0.3 is 20.9 Å². The molecule has 2 aliphatic heterocycles. The average Bonchev–Trinajstić information content (AvgIpc) is 3.37. The van der Waals surface area contributed by atoms with E-state index in [-0.39, 0.29) is 11.8 Å². The number of fused-ring (bicyclic) bond motifs is 2. The summed E-state index contributed by atoms with van der Waals surface area (Å²) in [5.74, 6) is -0.557. The number of nitrogens with zero attached hydrogens (tertiary/aromatic N) is 1. The number of carbonyl (C=O) groups excluding carboxylic acids is 2. The Bertz CT molecular complexity index is 1100. The van der Waals surface area contributed by atoms with Crippen LogP contribution in [0.1, 0.15) is 46.7 Å². The molecule has 5 rings (SSSR count). The lowest BCUT2D eigenvalue weighted by molar-refractivity contribution is -0.116. The summed E-state index contributed by atoms with van der Waals surface area (Å²) in [6.45, 7) is 1.80. The summed E-state index contributed by atoms with van der Waals surface area (Å²) in [5.41, 5.74) is 10.9. The molecule has 4 N–H and O–H groups in total. The zero-order chi connectivity index (χ0) is 19.3. The lowest BCUT2D eigenvalue weighted by atomic mass is 9.82. The highest BCUT2D eigenvalue weighted by atomic mass is 16.2. The maximum Gasteiger partial charge on any atom is 0.250 e. The van der Waals surface area contributed by atoms with Gasteiger partial charge in [-0.15, -0.1) is 0 Å². The number of hydrogen-bond acceptors (Lipinski definition) is 3. The monoisotopic (exact) mass is 374 g/mol. The molecule has 6 nitrogen and oxygen atoms in total. The number of nitrogens with two attached hydrogens (primary N) is 1. The molecule has 1 saturated heterocycles. The van der Waals surface area contributed by atoms with E-state index in [1.54, 1.807) is 0 Å². The third kappa shape index (κ3) is 2.64. The molecule has 2 aliphatic rings. The van der Waals surface area contributed by atoms with Gasteiger partial charge in [0.25, 0.3) is 5.91 Å². The average molecular weight is 374 g/mol. The minimum absolute atomic E-state index is 0.00997. The molecule has 142 valence electrons. The number of anilines is 2. The second-order valence-corrected chi connectivity index (χ2v) is 7.61. The van der Waals surface area contributed by atoms with Gasteiger partial charge in [-0.05, 0) is 48.2 Å². The zero-order valence-electron chi connectivity index (χ0n) is 15.5. The fourth-order valence-electron chi connectivity index (χ4n) is 4.61. The van der Waals surface area contributed by atoms with E-state index in [1.165, 1.54) is 0 Å². The minimum Gasteiger partial charge on any atom is -0.371 e. The SMILES string of the molecule is NC(=O)c1cc2c(cc1N1CCCC1)NC(=O)C[C@@H]2c1cccc2[nH]ccc12. The van der Waals surface area contributed by atoms with Crippen LogP contribution in [0.15, 0.2) is 42.6 Å². The topological polar surface area (TPSA) is 91.2 Å². The molecule has 3 heterocycles. The quantitative estimate of drug-likeness (QED) is 0.657. The molecule has 0 unspecified atom stereocenters. The van der Waals surface area contributed by atoms with Gasteiger partial charge in [0.15, 0.2) is 0 Å². The van der Waals surface area contributed by atoms with Crippen molar-refractivity contribution in [1.82, 2.24) is 4.98 Å². The first-order valence-corrected chi connectivity index (χ1v) is 9.70. The van der Waals surface area contributed by atoms with Crippen LogP contribution in [0, 0.1) is 0 Å². The van der Waals surface area contributed by atoms with Gasteiger partial charge in [-0.1, -0.05) is 12.1 Å². The Labute approximate surface area is 162 Å². The number of amides is 2. The molecule has 28 heavy (non-hydrogen) atoms. The highest BCUT2D eigenvalue weighted by Gasteiger charge is 2.31. The van der Waals surface area contributed by atoms with Gasteiger partial charge in [0.05, 0.1) is 11.3 Å². The Morgan fingerprint density at radius 2 is 1.93 bits per heavy atom. The van der Waals surface area contributed by atoms with E-state index in [0.717, 1.165) is 59.3 Å². The summed E-state index contributed by atoms with van der Waals surface area (Å²) in [7, 11) is 0. The zero-order valence-corrected chi connectivity index (χ0v) is 15.5. The molecule has 1 atom stereocenters. The maximum atomic E-state index is 12.5. The Morgan fingerprint density at radius 3 is 2.71 bits per heavy atom. The summed E-state index contributed by atoms with van der Waals surface area (Å²) >= 11 is 0. The van der Waals surface area contributed by atoms with Crippen LogP contribution in [-0.2, 0) is 4.79 Å². The van der Waals surface area contributed by atoms with Gasteiger partial charge >= 0.3 is 0 Å². The molecule has 0 radical (unpaired) electrons. The van der Waals surface area contributed by atoms with Crippen molar-refractivity contribution >= 4 is 34.1 Å². The van der Waals surface area contributed by atoms with E-state index in [2.05, 4.69) is 21.3 Å². The lowest BCUT2D eigenvalue weighted by Gasteiger charge is -2.30. The van der Waals surface area contributed by atoms with Crippen LogP contribution in [0.25, 0.3) is 10.9 Å². The van der Waals surface area contributed by atoms with Gasteiger partial charge in [0.2, 0.25) is 5.91 Å². The molecule has 3 aromatic rings. The van der Waals surface area contributed by atoms with E-state index in [0.29, 0.717) is 12.0 Å². The summed E-state index contributed by atoms with van der Waals surface area (Å²) in [6.07, 6.45) is 4.45. The van der Waals surface area contributed by atoms with Crippen LogP contribution in [0.4, 0.5) is 11.4 Å². The predicted octanol–water partition coefficient (Wildman–Crippen LogP) is 3.34. The normalized spacial score (nSPS) is 18.9. The van der Waals surface area contributed by atoms with Crippen LogP contribution in [0.3, 0.4) is 0 Å². The summed E-state index contributed by atoms with van der Waals surface area (Å²) < 4.78 is 0. The van der Waals surface area contributed by atoms with E-state index in [4.69, 9.17) is 5.73 Å². The molecule has 0 saturated carbocycles. The summed E-state index contributed by atoms with van der Waals surface area (Å²) in [5, 5.41) is 4.10. The van der Waals surface area contributed by atoms with Crippen LogP contribution < -0.4 is 16.0 Å². The molecular formula is C22H22N4O2. The molecule has 1 aromatic heterocycles. The third-order valence-electron chi connectivity index (χ3n) is 5.92. The molecule has 6 heteroatoms. The summed E-state index contributed by atoms with van der Waals surface area (Å²) in [6, 6.07) is 11.9. The molecular weight excluding hydrogens is 352 g/mol. The number of nitrogens with one attached hydrogen (secondary N) is 2. The first-order chi connectivity index (χ1) is 13.6. The first kappa shape index (κ1) is 16.9. The number of hydrogen-bond donors (Lipinski definition) is 3. The van der Waals surface area contributed by atoms with Crippen molar-refractivity contribution in [2.75, 3.05) is 23.3 Å². The third-order valence-corrected chi connectivity index (χ3v) is 5.92. The summed E-state index contributed by atoms with van der Waals surface area (Å²) in [4.78, 5) is 30.2. The van der Waals surface area contributed by atoms with E-state index < -0.39 is 5.91 Å². The van der Waals surface area contributed by atoms with Crippen molar-refractivity contribution in [1.29, 1.82) is 0 Å². The molecule has 2 amide bonds. The lowest BCUT2D eigenvalue weighted by Crippen LogP contribution is -2.27. The van der Waals surface area contributed by atoms with Crippen molar-refractivity contribution in [2.24, 2.45) is 5.73 Å². The molecule has 0 spiro atoms. The van der Waals surface area contributed by atoms with Gasteiger partial charge in [0.1, 0.15) is 0 Å². The molecule has 0 bridgehead atoms. The minimum atomic E-state index is -0.430. The van der Waals surface area contributed by atoms with E-state index in [1.807, 2.05) is 36.5 Å². The number of aromatic nitrogens is 1. The van der Waals surface area contributed by atoms with Crippen molar-refractivity contribution in [2.45, 2.75) is 25.2 Å². The Balaban J connectivity index is 1.69. The van der Waals surface area contributed by atoms with Crippen molar-refractivity contribution in [3.05, 3.63) is 59.3 Å². The number of rotatable bonds is 3. The van der Waals surface area contributed by atoms with Gasteiger partial charge in [-0.25, -0.2) is 0 Å². The molecule has 2 aromatic carbocycles. The number of carbonyl (C=O) groups is 2. The fourth-order valence-corrected chi connectivity index (χ4v) is 4.61. The highest BCUT2D eigenvalue weighted by molar-refractivity contribution is 6.03. The van der Waals surface area contributed by atoms with Crippen LogP contribution >= 0.6 is 0 Å². The Hall–Kier alpha value is -3.28. The van der Waals surface area contributed by atoms with Crippen molar-refractivity contribution in [3.8, 4) is 0 Å². The first-order valence-electron chi connectivity index (χ1n) is 9.70. The predicted molar refractivity (Wildman–Crippen MR) is 110 cm³/mol. The molecule has 0 aliphatic carbocycles. The maximum absolute atomic E-state index is 12.5. The van der Waals surface area contributed by atoms with E-state index in [9.17, 15) is 9.59 Å². The van der Waals surface area contributed by atoms with Crippen LogP contribution in [0.5, 0.6) is 0 Å². The van der Waals surface area contributed by atoms with Crippen molar-refractivity contribution < 1.29 is 9.59 Å². The molecule has 1 fully saturated rings. The Morgan fingerprint density at radius 1 is 1.11 bits per heavy atom. The van der Waals surface area contributed by atoms with Crippen molar-refractivity contribution in [3.63, 3.8) is 0 Å². The standard InChI is InChI=1S/C22H22N4O2/c23-22(28)17-10-16-15(13-4-3-5-18-14(13)6-7-24-18)11-21(27)25-19(16)12-20(17)26-8-1-2-9-26/h3-7,10,12,15,24H,1-2,8-9,11H2,(H2,23,28)(H,25,27)/t15-/m1/s1. The number of H-pyrrole nitrogens is 1. The Kier molecular flexibility index (Phi) is 3.86. The van der Waals surface area contributed by atoms with E-state index >= 15 is 0 Å². The fraction of sp³-hybridized carbons (Fsp3) is 0.273. The second-order valence-electron chi connectivity index (χ2n) is 7.61. The van der Waals surface area contributed by atoms with Gasteiger partial charge in [-0.3, -0.25) is 9.59 Å². The second kappa shape index (κ2) is 6.41. The van der Waals surface area contributed by atoms with Gasteiger partial charge in [-0.2, -0.15) is 0 Å². The number of primary amides is 1.